The molecule has 61 heavy (non-hydrogen) atoms. The van der Waals surface area contributed by atoms with Crippen LogP contribution in [-0.4, -0.2) is 85.9 Å². The molecule has 5 aromatic rings. The number of aromatic nitrogens is 4. The van der Waals surface area contributed by atoms with E-state index in [1.807, 2.05) is 18.3 Å². The van der Waals surface area contributed by atoms with Crippen molar-refractivity contribution in [1.29, 1.82) is 0 Å². The minimum Gasteiger partial charge on any atom is -0.451 e. The summed E-state index contributed by atoms with van der Waals surface area (Å²) in [4.78, 5) is 46.1. The molecule has 2 aliphatic heterocycles. The summed E-state index contributed by atoms with van der Waals surface area (Å²) in [5, 5.41) is 7.49. The maximum Gasteiger partial charge on any atom is 0.329 e. The number of amides is 3. The molecule has 3 aromatic carbocycles. The number of aryl methyl sites for hydroxylation is 1. The van der Waals surface area contributed by atoms with Gasteiger partial charge in [0.1, 0.15) is 17.7 Å². The first kappa shape index (κ1) is 41.2. The molecule has 1 spiro atoms. The number of ether oxygens (including phenoxy) is 1. The van der Waals surface area contributed by atoms with Gasteiger partial charge in [-0.15, -0.1) is 0 Å². The highest BCUT2D eigenvalue weighted by Crippen LogP contribution is 2.55. The molecule has 4 aliphatic rings. The van der Waals surface area contributed by atoms with Crippen LogP contribution in [0, 0.1) is 22.9 Å². The van der Waals surface area contributed by atoms with Gasteiger partial charge < -0.3 is 9.46 Å². The molecule has 0 bridgehead atoms. The molecule has 4 fully saturated rings. The van der Waals surface area contributed by atoms with E-state index in [4.69, 9.17) is 4.74 Å². The largest absolute Gasteiger partial charge is 0.451 e. The van der Waals surface area contributed by atoms with Crippen LogP contribution in [0.25, 0.3) is 21.8 Å². The Morgan fingerprint density at radius 1 is 1.00 bits per heavy atom. The van der Waals surface area contributed by atoms with Gasteiger partial charge in [-0.2, -0.15) is 5.10 Å². The van der Waals surface area contributed by atoms with Crippen LogP contribution < -0.4 is 25.2 Å². The van der Waals surface area contributed by atoms with Gasteiger partial charge in [-0.1, -0.05) is 6.92 Å². The van der Waals surface area contributed by atoms with Crippen LogP contribution in [0.1, 0.15) is 75.8 Å². The lowest BCUT2D eigenvalue weighted by Gasteiger charge is -2.54. The summed E-state index contributed by atoms with van der Waals surface area (Å²) >= 11 is 1.17. The first-order valence-corrected chi connectivity index (χ1v) is 21.5. The number of halogens is 4. The fourth-order valence-electron chi connectivity index (χ4n) is 9.67. The van der Waals surface area contributed by atoms with Crippen molar-refractivity contribution in [3.05, 3.63) is 82.2 Å². The fourth-order valence-corrected chi connectivity index (χ4v) is 10.2. The Kier molecular flexibility index (Phi) is 11.0. The molecular formula is C43H47F4N9O4S. The van der Waals surface area contributed by atoms with Crippen molar-refractivity contribution in [3.8, 4) is 11.5 Å². The standard InChI is InChI=1S/C43H47F4N9O4S/c1-4-52(2)61-51-34-9-7-30(44)39(38(34)47)60-26-6-8-33-28(18-26)41(58)56(23-48-33)25-21-43(22-25)12-15-54(16-13-43)35-10-5-24(17-32(35)46)27-20-36-29(19-31(27)45)40(50-53(36)3)55-14-11-37(57)49-42(55)59/h6-9,18-20,23-25,32,35,51H,4-5,10-17,21-22H2,1-3H3,(H,49,57,59)/t24-,32?,35+/m0/s1. The van der Waals surface area contributed by atoms with E-state index in [9.17, 15) is 18.8 Å². The number of anilines is 2. The zero-order valence-electron chi connectivity index (χ0n) is 34.1. The number of urea groups is 1. The third kappa shape index (κ3) is 7.71. The van der Waals surface area contributed by atoms with E-state index < -0.39 is 35.4 Å². The second-order valence-electron chi connectivity index (χ2n) is 16.9. The molecule has 2 aliphatic carbocycles. The molecule has 0 radical (unpaired) electrons. The van der Waals surface area contributed by atoms with Crippen molar-refractivity contribution in [2.45, 2.75) is 82.5 Å². The number of rotatable bonds is 10. The molecule has 4 heterocycles. The van der Waals surface area contributed by atoms with E-state index in [-0.39, 0.29) is 76.9 Å². The van der Waals surface area contributed by atoms with Crippen LogP contribution >= 0.6 is 12.1 Å². The van der Waals surface area contributed by atoms with Crippen LogP contribution in [0.4, 0.5) is 33.9 Å². The van der Waals surface area contributed by atoms with E-state index in [0.29, 0.717) is 41.4 Å². The summed E-state index contributed by atoms with van der Waals surface area (Å²) in [5.41, 5.74) is 1.35. The summed E-state index contributed by atoms with van der Waals surface area (Å²) in [7, 11) is 3.54. The smallest absolute Gasteiger partial charge is 0.329 e. The number of hydrogen-bond acceptors (Lipinski definition) is 10. The quantitative estimate of drug-likeness (QED) is 0.105. The fraction of sp³-hybridized carbons (Fsp3) is 0.465. The molecule has 3 amide bonds. The highest BCUT2D eigenvalue weighted by Gasteiger charge is 2.48. The maximum atomic E-state index is 16.1. The lowest BCUT2D eigenvalue weighted by Crippen LogP contribution is -2.54. The van der Waals surface area contributed by atoms with E-state index in [1.165, 1.54) is 41.3 Å². The lowest BCUT2D eigenvalue weighted by molar-refractivity contribution is -0.120. The predicted molar refractivity (Wildman–Crippen MR) is 225 cm³/mol. The number of alkyl halides is 1. The number of carbonyl (C=O) groups is 2. The number of hydrogen-bond donors (Lipinski definition) is 2. The highest BCUT2D eigenvalue weighted by atomic mass is 32.2. The van der Waals surface area contributed by atoms with Crippen LogP contribution in [0.15, 0.2) is 53.6 Å². The Hall–Kier alpha value is -5.20. The third-order valence-corrected chi connectivity index (χ3v) is 14.2. The van der Waals surface area contributed by atoms with E-state index in [1.54, 1.807) is 34.8 Å². The predicted octanol–water partition coefficient (Wildman–Crippen LogP) is 7.96. The number of nitrogens with zero attached hydrogens (tertiary/aromatic N) is 7. The summed E-state index contributed by atoms with van der Waals surface area (Å²) in [6, 6.07) is 9.19. The van der Waals surface area contributed by atoms with Crippen molar-refractivity contribution >= 4 is 57.4 Å². The number of piperidine rings is 1. The van der Waals surface area contributed by atoms with Gasteiger partial charge in [0.05, 0.1) is 28.4 Å². The highest BCUT2D eigenvalue weighted by molar-refractivity contribution is 7.98. The Morgan fingerprint density at radius 3 is 2.52 bits per heavy atom. The molecule has 2 N–H and O–H groups in total. The van der Waals surface area contributed by atoms with Gasteiger partial charge >= 0.3 is 6.03 Å². The number of benzene rings is 3. The maximum absolute atomic E-state index is 16.1. The van der Waals surface area contributed by atoms with E-state index in [2.05, 4.69) is 25.0 Å². The minimum atomic E-state index is -1.13. The normalized spacial score (nSPS) is 22.3. The van der Waals surface area contributed by atoms with Crippen LogP contribution in [0.5, 0.6) is 11.5 Å². The minimum absolute atomic E-state index is 0.0345. The SMILES string of the molecule is CCN(C)SNc1ccc(F)c(Oc2ccc3ncn(C4CC5(CCN([C@@H]6CC[C@H](c7cc8c(cc7F)c(N7CCC(=O)NC7=O)nn8C)CC6F)CC5)C4)c(=O)c3c2)c1F. The molecule has 9 rings (SSSR count). The van der Waals surface area contributed by atoms with E-state index in [0.717, 1.165) is 44.8 Å². The molecule has 322 valence electrons. The van der Waals surface area contributed by atoms with Crippen molar-refractivity contribution in [1.82, 2.24) is 33.9 Å². The molecular weight excluding hydrogens is 815 g/mol. The third-order valence-electron chi connectivity index (χ3n) is 13.3. The van der Waals surface area contributed by atoms with Gasteiger partial charge in [-0.3, -0.25) is 34.0 Å². The Balaban J connectivity index is 0.818. The Morgan fingerprint density at radius 2 is 1.79 bits per heavy atom. The summed E-state index contributed by atoms with van der Waals surface area (Å²) in [5.74, 6) is -3.10. The number of fused-ring (bicyclic) bond motifs is 2. The Bertz CT molecular complexity index is 2590. The molecule has 1 unspecified atom stereocenters. The molecule has 2 saturated carbocycles. The number of imide groups is 1. The number of likely N-dealkylation sites (tertiary alicyclic amines) is 1. The summed E-state index contributed by atoms with van der Waals surface area (Å²) in [6.07, 6.45) is 5.30. The van der Waals surface area contributed by atoms with Gasteiger partial charge in [0.25, 0.3) is 5.56 Å². The second kappa shape index (κ2) is 16.2. The van der Waals surface area contributed by atoms with Crippen LogP contribution in [0.3, 0.4) is 0 Å². The van der Waals surface area contributed by atoms with Crippen molar-refractivity contribution in [2.75, 3.05) is 42.8 Å². The van der Waals surface area contributed by atoms with Gasteiger partial charge in [0.2, 0.25) is 11.7 Å². The van der Waals surface area contributed by atoms with Gasteiger partial charge in [-0.25, -0.2) is 31.6 Å². The number of nitrogens with one attached hydrogen (secondary N) is 2. The van der Waals surface area contributed by atoms with Crippen molar-refractivity contribution in [2.24, 2.45) is 12.5 Å². The molecule has 18 heteroatoms. The molecule has 13 nitrogen and oxygen atoms in total. The first-order valence-electron chi connectivity index (χ1n) is 20.8. The molecule has 3 atom stereocenters. The van der Waals surface area contributed by atoms with E-state index >= 15 is 13.2 Å². The average molecular weight is 862 g/mol. The first-order chi connectivity index (χ1) is 29.3. The van der Waals surface area contributed by atoms with Gasteiger partial charge in [-0.05, 0) is 124 Å². The average Bonchev–Trinajstić information content (AvgIpc) is 3.55. The van der Waals surface area contributed by atoms with Crippen molar-refractivity contribution in [3.63, 3.8) is 0 Å². The van der Waals surface area contributed by atoms with Gasteiger partial charge in [0.15, 0.2) is 17.5 Å². The monoisotopic (exact) mass is 861 g/mol. The summed E-state index contributed by atoms with van der Waals surface area (Å²) < 4.78 is 75.6. The zero-order valence-corrected chi connectivity index (χ0v) is 34.9. The summed E-state index contributed by atoms with van der Waals surface area (Å²) in [6.45, 7) is 4.26. The molecule has 2 aromatic heterocycles. The second-order valence-corrected chi connectivity index (χ2v) is 17.9. The van der Waals surface area contributed by atoms with Crippen LogP contribution in [0.2, 0.25) is 0 Å². The van der Waals surface area contributed by atoms with Crippen molar-refractivity contribution < 1.29 is 31.9 Å². The lowest BCUT2D eigenvalue weighted by atomic mass is 9.60. The topological polar surface area (TPSA) is 130 Å². The Labute approximate surface area is 353 Å². The molecule has 2 saturated heterocycles. The van der Waals surface area contributed by atoms with Crippen LogP contribution in [-0.2, 0) is 11.8 Å². The number of carbonyl (C=O) groups excluding carboxylic acids is 2. The van der Waals surface area contributed by atoms with Gasteiger partial charge in [0, 0.05) is 56.2 Å². The zero-order chi connectivity index (χ0) is 42.7.